The summed E-state index contributed by atoms with van der Waals surface area (Å²) in [5.74, 6) is 1.56. The van der Waals surface area contributed by atoms with Gasteiger partial charge in [-0.15, -0.1) is 0 Å². The predicted molar refractivity (Wildman–Crippen MR) is 84.3 cm³/mol. The predicted octanol–water partition coefficient (Wildman–Crippen LogP) is 3.00. The van der Waals surface area contributed by atoms with Crippen LogP contribution in [0.15, 0.2) is 24.3 Å². The standard InChI is InChI=1S/C17H28N2O/c1-5-17(2,19(3)4)16(18)12-13-10-11-20-15-9-7-6-8-14(13)15/h6-9,13,16H,5,10-12,18H2,1-4H3. The molecule has 0 saturated carbocycles. The Hall–Kier alpha value is -1.06. The van der Waals surface area contributed by atoms with E-state index >= 15 is 0 Å². The second-order valence-corrected chi connectivity index (χ2v) is 6.32. The summed E-state index contributed by atoms with van der Waals surface area (Å²) in [7, 11) is 4.25. The van der Waals surface area contributed by atoms with E-state index in [0.29, 0.717) is 5.92 Å². The van der Waals surface area contributed by atoms with Crippen molar-refractivity contribution < 1.29 is 4.74 Å². The Bertz CT molecular complexity index is 446. The Morgan fingerprint density at radius 2 is 2.10 bits per heavy atom. The average Bonchev–Trinajstić information content (AvgIpc) is 2.46. The molecule has 0 radical (unpaired) electrons. The minimum absolute atomic E-state index is 0.0489. The summed E-state index contributed by atoms with van der Waals surface area (Å²) in [6, 6.07) is 8.55. The van der Waals surface area contributed by atoms with Gasteiger partial charge >= 0.3 is 0 Å². The summed E-state index contributed by atoms with van der Waals surface area (Å²) in [5, 5.41) is 0. The molecule has 1 aromatic rings. The number of rotatable bonds is 5. The number of nitrogens with zero attached hydrogens (tertiary/aromatic N) is 1. The van der Waals surface area contributed by atoms with Crippen LogP contribution in [-0.4, -0.2) is 37.2 Å². The molecule has 1 heterocycles. The van der Waals surface area contributed by atoms with Crippen molar-refractivity contribution in [2.75, 3.05) is 20.7 Å². The number of hydrogen-bond acceptors (Lipinski definition) is 3. The van der Waals surface area contributed by atoms with E-state index in [1.807, 2.05) is 6.07 Å². The third kappa shape index (κ3) is 2.84. The summed E-state index contributed by atoms with van der Waals surface area (Å²) in [6.07, 6.45) is 3.15. The number of nitrogens with two attached hydrogens (primary N) is 1. The Kier molecular flexibility index (Phi) is 4.71. The SMILES string of the molecule is CCC(C)(C(N)CC1CCOc2ccccc21)N(C)C. The van der Waals surface area contributed by atoms with E-state index in [2.05, 4.69) is 51.0 Å². The smallest absolute Gasteiger partial charge is 0.122 e. The van der Waals surface area contributed by atoms with Crippen molar-refractivity contribution in [3.8, 4) is 5.75 Å². The second kappa shape index (κ2) is 6.15. The van der Waals surface area contributed by atoms with E-state index in [0.717, 1.165) is 31.6 Å². The molecule has 0 aromatic heterocycles. The van der Waals surface area contributed by atoms with E-state index in [9.17, 15) is 0 Å². The van der Waals surface area contributed by atoms with Gasteiger partial charge in [0.15, 0.2) is 0 Å². The molecule has 0 saturated heterocycles. The average molecular weight is 276 g/mol. The minimum Gasteiger partial charge on any atom is -0.493 e. The van der Waals surface area contributed by atoms with Gasteiger partial charge in [0.1, 0.15) is 5.75 Å². The molecule has 3 heteroatoms. The quantitative estimate of drug-likeness (QED) is 0.898. The second-order valence-electron chi connectivity index (χ2n) is 6.32. The van der Waals surface area contributed by atoms with Crippen molar-refractivity contribution in [3.63, 3.8) is 0 Å². The highest BCUT2D eigenvalue weighted by Crippen LogP contribution is 2.38. The third-order valence-corrected chi connectivity index (χ3v) is 5.16. The van der Waals surface area contributed by atoms with Crippen LogP contribution in [0.5, 0.6) is 5.75 Å². The number of likely N-dealkylation sites (N-methyl/N-ethyl adjacent to an activating group) is 1. The highest BCUT2D eigenvalue weighted by atomic mass is 16.5. The Labute approximate surface area is 123 Å². The molecule has 20 heavy (non-hydrogen) atoms. The fraction of sp³-hybridized carbons (Fsp3) is 0.647. The molecular formula is C17H28N2O. The van der Waals surface area contributed by atoms with Gasteiger partial charge in [-0.3, -0.25) is 0 Å². The first-order chi connectivity index (χ1) is 9.49. The van der Waals surface area contributed by atoms with Crippen molar-refractivity contribution in [2.45, 2.75) is 50.6 Å². The molecule has 3 atom stereocenters. The summed E-state index contributed by atoms with van der Waals surface area (Å²) in [5.41, 5.74) is 7.94. The van der Waals surface area contributed by atoms with Gasteiger partial charge in [-0.05, 0) is 57.8 Å². The highest BCUT2D eigenvalue weighted by molar-refractivity contribution is 5.37. The Morgan fingerprint density at radius 3 is 2.75 bits per heavy atom. The van der Waals surface area contributed by atoms with Crippen LogP contribution in [0.1, 0.15) is 44.6 Å². The lowest BCUT2D eigenvalue weighted by atomic mass is 9.79. The van der Waals surface area contributed by atoms with Crippen molar-refractivity contribution in [1.82, 2.24) is 4.90 Å². The Morgan fingerprint density at radius 1 is 1.40 bits per heavy atom. The summed E-state index contributed by atoms with van der Waals surface area (Å²) < 4.78 is 5.74. The zero-order chi connectivity index (χ0) is 14.8. The van der Waals surface area contributed by atoms with Crippen LogP contribution in [0.2, 0.25) is 0 Å². The molecule has 2 N–H and O–H groups in total. The van der Waals surface area contributed by atoms with Crippen molar-refractivity contribution >= 4 is 0 Å². The van der Waals surface area contributed by atoms with Crippen molar-refractivity contribution in [3.05, 3.63) is 29.8 Å². The van der Waals surface area contributed by atoms with Gasteiger partial charge in [0, 0.05) is 11.6 Å². The van der Waals surface area contributed by atoms with Crippen LogP contribution >= 0.6 is 0 Å². The first-order valence-electron chi connectivity index (χ1n) is 7.63. The molecule has 0 bridgehead atoms. The van der Waals surface area contributed by atoms with Gasteiger partial charge in [0.2, 0.25) is 0 Å². The largest absolute Gasteiger partial charge is 0.493 e. The van der Waals surface area contributed by atoms with E-state index in [4.69, 9.17) is 10.5 Å². The molecule has 0 spiro atoms. The summed E-state index contributed by atoms with van der Waals surface area (Å²) >= 11 is 0. The summed E-state index contributed by atoms with van der Waals surface area (Å²) in [6.45, 7) is 5.29. The molecule has 1 aliphatic heterocycles. The van der Waals surface area contributed by atoms with Crippen LogP contribution in [0.25, 0.3) is 0 Å². The van der Waals surface area contributed by atoms with Gasteiger partial charge in [0.25, 0.3) is 0 Å². The molecule has 0 aliphatic carbocycles. The highest BCUT2D eigenvalue weighted by Gasteiger charge is 2.35. The molecular weight excluding hydrogens is 248 g/mol. The molecule has 0 amide bonds. The van der Waals surface area contributed by atoms with E-state index in [1.54, 1.807) is 0 Å². The van der Waals surface area contributed by atoms with E-state index < -0.39 is 0 Å². The number of ether oxygens (including phenoxy) is 1. The monoisotopic (exact) mass is 276 g/mol. The van der Waals surface area contributed by atoms with Gasteiger partial charge in [-0.2, -0.15) is 0 Å². The van der Waals surface area contributed by atoms with Crippen LogP contribution in [0.3, 0.4) is 0 Å². The number of para-hydroxylation sites is 1. The zero-order valence-electron chi connectivity index (χ0n) is 13.2. The zero-order valence-corrected chi connectivity index (χ0v) is 13.2. The lowest BCUT2D eigenvalue weighted by Crippen LogP contribution is -2.55. The van der Waals surface area contributed by atoms with Crippen molar-refractivity contribution in [1.29, 1.82) is 0 Å². The number of benzene rings is 1. The van der Waals surface area contributed by atoms with Crippen molar-refractivity contribution in [2.24, 2.45) is 5.73 Å². The van der Waals surface area contributed by atoms with E-state index in [-0.39, 0.29) is 11.6 Å². The number of fused-ring (bicyclic) bond motifs is 1. The van der Waals surface area contributed by atoms with Crippen LogP contribution < -0.4 is 10.5 Å². The maximum absolute atomic E-state index is 6.57. The molecule has 3 unspecified atom stereocenters. The first kappa shape index (κ1) is 15.3. The number of hydrogen-bond donors (Lipinski definition) is 1. The fourth-order valence-corrected chi connectivity index (χ4v) is 3.13. The van der Waals surface area contributed by atoms with Crippen LogP contribution in [0, 0.1) is 0 Å². The molecule has 0 fully saturated rings. The lowest BCUT2D eigenvalue weighted by Gasteiger charge is -2.42. The van der Waals surface area contributed by atoms with Gasteiger partial charge < -0.3 is 15.4 Å². The van der Waals surface area contributed by atoms with Crippen LogP contribution in [0.4, 0.5) is 0 Å². The van der Waals surface area contributed by atoms with Crippen LogP contribution in [-0.2, 0) is 0 Å². The van der Waals surface area contributed by atoms with E-state index in [1.165, 1.54) is 5.56 Å². The maximum Gasteiger partial charge on any atom is 0.122 e. The normalized spacial score (nSPS) is 22.8. The molecule has 3 nitrogen and oxygen atoms in total. The molecule has 2 rings (SSSR count). The van der Waals surface area contributed by atoms with Gasteiger partial charge in [-0.25, -0.2) is 0 Å². The molecule has 112 valence electrons. The molecule has 1 aromatic carbocycles. The van der Waals surface area contributed by atoms with Gasteiger partial charge in [0.05, 0.1) is 6.61 Å². The molecule has 1 aliphatic rings. The summed E-state index contributed by atoms with van der Waals surface area (Å²) in [4.78, 5) is 2.27. The maximum atomic E-state index is 6.57. The Balaban J connectivity index is 2.15. The topological polar surface area (TPSA) is 38.5 Å². The third-order valence-electron chi connectivity index (χ3n) is 5.16. The lowest BCUT2D eigenvalue weighted by molar-refractivity contribution is 0.119. The fourth-order valence-electron chi connectivity index (χ4n) is 3.13. The minimum atomic E-state index is 0.0489. The first-order valence-corrected chi connectivity index (χ1v) is 7.63. The van der Waals surface area contributed by atoms with Gasteiger partial charge in [-0.1, -0.05) is 25.1 Å².